The fourth-order valence-corrected chi connectivity index (χ4v) is 5.02. The van der Waals surface area contributed by atoms with Gasteiger partial charge >= 0.3 is 6.09 Å². The van der Waals surface area contributed by atoms with Crippen molar-refractivity contribution in [2.45, 2.75) is 43.9 Å². The molecule has 1 saturated carbocycles. The Kier molecular flexibility index (Phi) is 4.75. The number of benzene rings is 1. The number of carbonyl (C=O) groups is 1. The summed E-state index contributed by atoms with van der Waals surface area (Å²) in [4.78, 5) is 32.4. The SMILES string of the molecule is O=C(O)N1C(c2ccc(-n3c(Cl)cc4c(=O)[nH]cnc43)cc2)COC2CCCCC21. The normalized spacial score (nSPS) is 24.0. The van der Waals surface area contributed by atoms with Gasteiger partial charge in [-0.1, -0.05) is 36.6 Å². The average molecular weight is 429 g/mol. The molecule has 156 valence electrons. The summed E-state index contributed by atoms with van der Waals surface area (Å²) >= 11 is 6.37. The second-order valence-corrected chi connectivity index (χ2v) is 8.18. The van der Waals surface area contributed by atoms with Gasteiger partial charge in [0.15, 0.2) is 5.65 Å². The standard InChI is InChI=1S/C21H21ClN4O4/c22-18-9-14-19(23-11-24-20(14)27)25(18)13-7-5-12(6-8-13)16-10-30-17-4-2-1-3-15(17)26(16)21(28)29/h5-9,11,15-17H,1-4,10H2,(H,28,29)(H,23,24,27). The number of nitrogens with zero attached hydrogens (tertiary/aromatic N) is 3. The quantitative estimate of drug-likeness (QED) is 0.647. The predicted octanol–water partition coefficient (Wildman–Crippen LogP) is 3.73. The summed E-state index contributed by atoms with van der Waals surface area (Å²) < 4.78 is 7.74. The summed E-state index contributed by atoms with van der Waals surface area (Å²) in [5.74, 6) is 0. The summed E-state index contributed by atoms with van der Waals surface area (Å²) in [6, 6.07) is 8.62. The number of morpholine rings is 1. The van der Waals surface area contributed by atoms with E-state index >= 15 is 0 Å². The topological polar surface area (TPSA) is 100 Å². The molecule has 1 saturated heterocycles. The zero-order chi connectivity index (χ0) is 20.8. The molecule has 2 aliphatic rings. The van der Waals surface area contributed by atoms with Crippen LogP contribution in [-0.2, 0) is 4.74 Å². The van der Waals surface area contributed by atoms with E-state index in [1.807, 2.05) is 24.3 Å². The Labute approximate surface area is 177 Å². The van der Waals surface area contributed by atoms with Crippen LogP contribution in [0.5, 0.6) is 0 Å². The van der Waals surface area contributed by atoms with Crippen molar-refractivity contribution in [1.29, 1.82) is 0 Å². The Morgan fingerprint density at radius 3 is 2.77 bits per heavy atom. The molecule has 3 atom stereocenters. The fourth-order valence-electron chi connectivity index (χ4n) is 4.73. The van der Waals surface area contributed by atoms with Gasteiger partial charge < -0.3 is 14.8 Å². The van der Waals surface area contributed by atoms with Gasteiger partial charge in [0.1, 0.15) is 5.15 Å². The van der Waals surface area contributed by atoms with Crippen LogP contribution in [0, 0.1) is 0 Å². The van der Waals surface area contributed by atoms with Crippen LogP contribution in [0.2, 0.25) is 5.15 Å². The molecule has 5 rings (SSSR count). The maximum atomic E-state index is 12.1. The van der Waals surface area contributed by atoms with Gasteiger partial charge in [-0.05, 0) is 36.6 Å². The number of nitrogens with one attached hydrogen (secondary N) is 1. The van der Waals surface area contributed by atoms with Crippen molar-refractivity contribution in [2.75, 3.05) is 6.61 Å². The van der Waals surface area contributed by atoms with Gasteiger partial charge in [0.05, 0.1) is 36.5 Å². The molecule has 1 amide bonds. The molecule has 3 unspecified atom stereocenters. The highest BCUT2D eigenvalue weighted by molar-refractivity contribution is 6.31. The van der Waals surface area contributed by atoms with Gasteiger partial charge in [0.25, 0.3) is 5.56 Å². The van der Waals surface area contributed by atoms with Crippen LogP contribution in [-0.4, -0.2) is 49.4 Å². The lowest BCUT2D eigenvalue weighted by molar-refractivity contribution is -0.108. The number of rotatable bonds is 2. The van der Waals surface area contributed by atoms with Crippen molar-refractivity contribution in [3.05, 3.63) is 57.7 Å². The molecule has 9 heteroatoms. The summed E-state index contributed by atoms with van der Waals surface area (Å²) in [5, 5.41) is 10.7. The van der Waals surface area contributed by atoms with Crippen LogP contribution in [0.1, 0.15) is 37.3 Å². The van der Waals surface area contributed by atoms with E-state index in [0.29, 0.717) is 22.8 Å². The number of aromatic amines is 1. The number of hydrogen-bond donors (Lipinski definition) is 2. The van der Waals surface area contributed by atoms with Crippen molar-refractivity contribution in [3.63, 3.8) is 0 Å². The predicted molar refractivity (Wildman–Crippen MR) is 111 cm³/mol. The zero-order valence-electron chi connectivity index (χ0n) is 16.1. The Balaban J connectivity index is 1.49. The highest BCUT2D eigenvalue weighted by Gasteiger charge is 2.42. The van der Waals surface area contributed by atoms with Gasteiger partial charge in [-0.25, -0.2) is 9.78 Å². The number of hydrogen-bond acceptors (Lipinski definition) is 4. The molecule has 1 aliphatic carbocycles. The average Bonchev–Trinajstić information content (AvgIpc) is 3.10. The van der Waals surface area contributed by atoms with E-state index in [0.717, 1.165) is 36.9 Å². The minimum atomic E-state index is -0.910. The van der Waals surface area contributed by atoms with E-state index < -0.39 is 6.09 Å². The molecule has 1 aromatic carbocycles. The van der Waals surface area contributed by atoms with Crippen LogP contribution in [0.4, 0.5) is 4.79 Å². The Morgan fingerprint density at radius 1 is 1.23 bits per heavy atom. The van der Waals surface area contributed by atoms with E-state index in [2.05, 4.69) is 9.97 Å². The third kappa shape index (κ3) is 3.07. The molecule has 30 heavy (non-hydrogen) atoms. The number of halogens is 1. The zero-order valence-corrected chi connectivity index (χ0v) is 16.9. The fraction of sp³-hybridized carbons (Fsp3) is 0.381. The second kappa shape index (κ2) is 7.45. The Morgan fingerprint density at radius 2 is 2.00 bits per heavy atom. The third-order valence-electron chi connectivity index (χ3n) is 6.14. The minimum absolute atomic E-state index is 0.0143. The van der Waals surface area contributed by atoms with Crippen molar-refractivity contribution in [1.82, 2.24) is 19.4 Å². The second-order valence-electron chi connectivity index (χ2n) is 7.79. The van der Waals surface area contributed by atoms with Crippen LogP contribution in [0.15, 0.2) is 41.5 Å². The third-order valence-corrected chi connectivity index (χ3v) is 6.42. The summed E-state index contributed by atoms with van der Waals surface area (Å²) in [6.07, 6.45) is 4.26. The van der Waals surface area contributed by atoms with Crippen LogP contribution in [0.25, 0.3) is 16.7 Å². The number of carboxylic acid groups (broad SMARTS) is 1. The summed E-state index contributed by atoms with van der Waals surface area (Å²) in [5.41, 5.74) is 1.82. The van der Waals surface area contributed by atoms with Crippen LogP contribution < -0.4 is 5.56 Å². The first kappa shape index (κ1) is 19.1. The largest absolute Gasteiger partial charge is 0.465 e. The maximum absolute atomic E-state index is 12.1. The number of H-pyrrole nitrogens is 1. The molecule has 8 nitrogen and oxygen atoms in total. The Hall–Kier alpha value is -2.84. The van der Waals surface area contributed by atoms with E-state index in [-0.39, 0.29) is 23.7 Å². The number of amides is 1. The number of aromatic nitrogens is 3. The summed E-state index contributed by atoms with van der Waals surface area (Å²) in [7, 11) is 0. The van der Waals surface area contributed by atoms with E-state index in [4.69, 9.17) is 16.3 Å². The highest BCUT2D eigenvalue weighted by Crippen LogP contribution is 2.37. The molecular weight excluding hydrogens is 408 g/mol. The first-order valence-corrected chi connectivity index (χ1v) is 10.4. The van der Waals surface area contributed by atoms with Gasteiger partial charge in [-0.2, -0.15) is 0 Å². The molecule has 3 heterocycles. The van der Waals surface area contributed by atoms with E-state index in [1.54, 1.807) is 15.5 Å². The molecule has 0 radical (unpaired) electrons. The molecule has 2 N–H and O–H groups in total. The first-order chi connectivity index (χ1) is 14.5. The molecule has 3 aromatic rings. The lowest BCUT2D eigenvalue weighted by Crippen LogP contribution is -2.55. The number of fused-ring (bicyclic) bond motifs is 2. The van der Waals surface area contributed by atoms with Gasteiger partial charge in [-0.15, -0.1) is 0 Å². The Bertz CT molecular complexity index is 1160. The van der Waals surface area contributed by atoms with Crippen molar-refractivity contribution >= 4 is 28.7 Å². The van der Waals surface area contributed by atoms with E-state index in [9.17, 15) is 14.7 Å². The maximum Gasteiger partial charge on any atom is 0.408 e. The summed E-state index contributed by atoms with van der Waals surface area (Å²) in [6.45, 7) is 0.344. The monoisotopic (exact) mass is 428 g/mol. The van der Waals surface area contributed by atoms with Crippen molar-refractivity contribution in [3.8, 4) is 5.69 Å². The molecule has 2 aromatic heterocycles. The highest BCUT2D eigenvalue weighted by atomic mass is 35.5. The lowest BCUT2D eigenvalue weighted by Gasteiger charge is -2.47. The van der Waals surface area contributed by atoms with E-state index in [1.165, 1.54) is 6.33 Å². The van der Waals surface area contributed by atoms with Crippen LogP contribution in [0.3, 0.4) is 0 Å². The molecule has 2 fully saturated rings. The van der Waals surface area contributed by atoms with Crippen LogP contribution >= 0.6 is 11.6 Å². The molecule has 0 spiro atoms. The first-order valence-electron chi connectivity index (χ1n) is 10.0. The van der Waals surface area contributed by atoms with Crippen molar-refractivity contribution in [2.24, 2.45) is 0 Å². The molecular formula is C21H21ClN4O4. The molecule has 1 aliphatic heterocycles. The van der Waals surface area contributed by atoms with Gasteiger partial charge in [0, 0.05) is 5.69 Å². The van der Waals surface area contributed by atoms with Gasteiger partial charge in [-0.3, -0.25) is 14.3 Å². The lowest BCUT2D eigenvalue weighted by atomic mass is 9.88. The van der Waals surface area contributed by atoms with Crippen molar-refractivity contribution < 1.29 is 14.6 Å². The molecule has 0 bridgehead atoms. The smallest absolute Gasteiger partial charge is 0.408 e. The minimum Gasteiger partial charge on any atom is -0.465 e. The number of ether oxygens (including phenoxy) is 1. The van der Waals surface area contributed by atoms with Gasteiger partial charge in [0.2, 0.25) is 0 Å².